The van der Waals surface area contributed by atoms with Gasteiger partial charge in [0.05, 0.1) is 17.2 Å². The van der Waals surface area contributed by atoms with Crippen LogP contribution in [0.1, 0.15) is 12.5 Å². The van der Waals surface area contributed by atoms with Crippen molar-refractivity contribution in [2.75, 3.05) is 24.0 Å². The van der Waals surface area contributed by atoms with E-state index < -0.39 is 15.9 Å². The molecule has 0 aliphatic heterocycles. The van der Waals surface area contributed by atoms with Gasteiger partial charge in [-0.25, -0.2) is 8.42 Å². The topological polar surface area (TPSA) is 75.7 Å². The second-order valence-corrected chi connectivity index (χ2v) is 9.28. The first-order valence-corrected chi connectivity index (χ1v) is 12.0. The highest BCUT2D eigenvalue weighted by Crippen LogP contribution is 2.25. The van der Waals surface area contributed by atoms with Gasteiger partial charge in [0.1, 0.15) is 12.3 Å². The predicted octanol–water partition coefficient (Wildman–Crippen LogP) is 4.29. The fraction of sp³-hybridized carbons (Fsp3) is 0.208. The highest BCUT2D eigenvalue weighted by molar-refractivity contribution is 7.92. The molecule has 0 aromatic heterocycles. The lowest BCUT2D eigenvalue weighted by molar-refractivity contribution is -0.119. The number of halogens is 1. The summed E-state index contributed by atoms with van der Waals surface area (Å²) in [6, 6.07) is 22.0. The molecule has 168 valence electrons. The largest absolute Gasteiger partial charge is 0.494 e. The number of amides is 1. The van der Waals surface area contributed by atoms with Gasteiger partial charge in [-0.3, -0.25) is 9.10 Å². The zero-order valence-electron chi connectivity index (χ0n) is 17.7. The number of sulfonamides is 1. The van der Waals surface area contributed by atoms with E-state index in [-0.39, 0.29) is 11.4 Å². The van der Waals surface area contributed by atoms with Crippen LogP contribution in [0.2, 0.25) is 5.02 Å². The molecular weight excluding hydrogens is 448 g/mol. The molecule has 32 heavy (non-hydrogen) atoms. The van der Waals surface area contributed by atoms with Gasteiger partial charge in [-0.1, -0.05) is 41.9 Å². The van der Waals surface area contributed by atoms with Crippen LogP contribution in [0.4, 0.5) is 5.69 Å². The summed E-state index contributed by atoms with van der Waals surface area (Å²) in [7, 11) is -3.94. The van der Waals surface area contributed by atoms with E-state index in [1.165, 1.54) is 12.1 Å². The Balaban J connectivity index is 1.76. The van der Waals surface area contributed by atoms with E-state index in [1.54, 1.807) is 54.6 Å². The maximum atomic E-state index is 13.3. The summed E-state index contributed by atoms with van der Waals surface area (Å²) < 4.78 is 33.2. The number of hydrogen-bond donors (Lipinski definition) is 1. The summed E-state index contributed by atoms with van der Waals surface area (Å²) in [4.78, 5) is 12.8. The van der Waals surface area contributed by atoms with E-state index in [0.29, 0.717) is 36.0 Å². The molecule has 0 saturated heterocycles. The third-order valence-corrected chi connectivity index (χ3v) is 6.74. The molecule has 1 amide bonds. The summed E-state index contributed by atoms with van der Waals surface area (Å²) in [6.45, 7) is 2.41. The molecule has 0 atom stereocenters. The van der Waals surface area contributed by atoms with Crippen molar-refractivity contribution in [3.63, 3.8) is 0 Å². The first kappa shape index (κ1) is 23.6. The molecule has 0 aliphatic carbocycles. The van der Waals surface area contributed by atoms with Gasteiger partial charge >= 0.3 is 0 Å². The van der Waals surface area contributed by atoms with Crippen molar-refractivity contribution >= 4 is 33.2 Å². The molecule has 0 bridgehead atoms. The summed E-state index contributed by atoms with van der Waals surface area (Å²) in [6.07, 6.45) is 0.609. The normalized spacial score (nSPS) is 11.1. The maximum Gasteiger partial charge on any atom is 0.264 e. The van der Waals surface area contributed by atoms with Crippen LogP contribution in [0.25, 0.3) is 0 Å². The van der Waals surface area contributed by atoms with E-state index in [9.17, 15) is 13.2 Å². The van der Waals surface area contributed by atoms with Crippen molar-refractivity contribution in [3.05, 3.63) is 89.4 Å². The molecule has 3 aromatic rings. The molecular formula is C24H25ClN2O4S. The van der Waals surface area contributed by atoms with Crippen molar-refractivity contribution in [1.82, 2.24) is 5.32 Å². The van der Waals surface area contributed by atoms with Gasteiger partial charge in [-0.15, -0.1) is 0 Å². The quantitative estimate of drug-likeness (QED) is 0.477. The zero-order valence-corrected chi connectivity index (χ0v) is 19.3. The Bertz CT molecular complexity index is 1120. The molecule has 0 radical (unpaired) electrons. The predicted molar refractivity (Wildman–Crippen MR) is 127 cm³/mol. The number of ether oxygens (including phenoxy) is 1. The highest BCUT2D eigenvalue weighted by atomic mass is 35.5. The average molecular weight is 473 g/mol. The summed E-state index contributed by atoms with van der Waals surface area (Å²) in [5.41, 5.74) is 1.40. The highest BCUT2D eigenvalue weighted by Gasteiger charge is 2.27. The first-order valence-electron chi connectivity index (χ1n) is 10.2. The van der Waals surface area contributed by atoms with Gasteiger partial charge < -0.3 is 10.1 Å². The number of hydrogen-bond acceptors (Lipinski definition) is 4. The van der Waals surface area contributed by atoms with Gasteiger partial charge in [0.2, 0.25) is 5.91 Å². The van der Waals surface area contributed by atoms with Crippen molar-refractivity contribution < 1.29 is 17.9 Å². The van der Waals surface area contributed by atoms with Gasteiger partial charge in [0.25, 0.3) is 10.0 Å². The van der Waals surface area contributed by atoms with E-state index in [4.69, 9.17) is 16.3 Å². The first-order chi connectivity index (χ1) is 15.4. The third-order valence-electron chi connectivity index (χ3n) is 4.70. The molecule has 8 heteroatoms. The molecule has 3 rings (SSSR count). The standard InChI is InChI=1S/C24H25ClN2O4S/c1-2-31-22-14-12-21(13-15-22)27(32(29,30)23-6-4-3-5-7-23)18-24(28)26-17-16-19-8-10-20(25)11-9-19/h3-15H,2,16-18H2,1H3,(H,26,28). The molecule has 0 unspecified atom stereocenters. The Labute approximate surface area is 193 Å². The van der Waals surface area contributed by atoms with Crippen molar-refractivity contribution in [3.8, 4) is 5.75 Å². The van der Waals surface area contributed by atoms with Crippen LogP contribution in [0, 0.1) is 0 Å². The van der Waals surface area contributed by atoms with Gasteiger partial charge in [0.15, 0.2) is 0 Å². The summed E-state index contributed by atoms with van der Waals surface area (Å²) in [5, 5.41) is 3.45. The lowest BCUT2D eigenvalue weighted by Gasteiger charge is -2.24. The Kier molecular flexibility index (Phi) is 8.14. The number of anilines is 1. The molecule has 0 fully saturated rings. The van der Waals surface area contributed by atoms with Gasteiger partial charge in [0, 0.05) is 11.6 Å². The van der Waals surface area contributed by atoms with Crippen LogP contribution >= 0.6 is 11.6 Å². The molecule has 0 saturated carbocycles. The van der Waals surface area contributed by atoms with Crippen LogP contribution in [-0.4, -0.2) is 34.0 Å². The minimum atomic E-state index is -3.94. The lowest BCUT2D eigenvalue weighted by atomic mass is 10.1. The van der Waals surface area contributed by atoms with Crippen LogP contribution in [0.5, 0.6) is 5.75 Å². The van der Waals surface area contributed by atoms with E-state index >= 15 is 0 Å². The van der Waals surface area contributed by atoms with Crippen molar-refractivity contribution in [2.24, 2.45) is 0 Å². The third kappa shape index (κ3) is 6.24. The van der Waals surface area contributed by atoms with E-state index in [1.807, 2.05) is 19.1 Å². The average Bonchev–Trinajstić information content (AvgIpc) is 2.80. The number of nitrogens with zero attached hydrogens (tertiary/aromatic N) is 1. The minimum absolute atomic E-state index is 0.114. The van der Waals surface area contributed by atoms with Crippen LogP contribution < -0.4 is 14.4 Å². The second kappa shape index (κ2) is 11.0. The van der Waals surface area contributed by atoms with Crippen LogP contribution in [0.3, 0.4) is 0 Å². The number of rotatable bonds is 10. The molecule has 0 spiro atoms. The molecule has 3 aromatic carbocycles. The monoisotopic (exact) mass is 472 g/mol. The second-order valence-electron chi connectivity index (χ2n) is 6.98. The Morgan fingerprint density at radius 3 is 2.25 bits per heavy atom. The fourth-order valence-corrected chi connectivity index (χ4v) is 4.66. The number of nitrogens with one attached hydrogen (secondary N) is 1. The van der Waals surface area contributed by atoms with E-state index in [2.05, 4.69) is 5.32 Å². The minimum Gasteiger partial charge on any atom is -0.494 e. The number of carbonyl (C=O) groups is 1. The van der Waals surface area contributed by atoms with Crippen molar-refractivity contribution in [2.45, 2.75) is 18.2 Å². The number of carbonyl (C=O) groups excluding carboxylic acids is 1. The molecule has 1 N–H and O–H groups in total. The molecule has 0 heterocycles. The van der Waals surface area contributed by atoms with Gasteiger partial charge in [-0.2, -0.15) is 0 Å². The SMILES string of the molecule is CCOc1ccc(N(CC(=O)NCCc2ccc(Cl)cc2)S(=O)(=O)c2ccccc2)cc1. The fourth-order valence-electron chi connectivity index (χ4n) is 3.09. The Morgan fingerprint density at radius 1 is 0.969 bits per heavy atom. The van der Waals surface area contributed by atoms with Gasteiger partial charge in [-0.05, 0) is 67.4 Å². The van der Waals surface area contributed by atoms with E-state index in [0.717, 1.165) is 9.87 Å². The Hall–Kier alpha value is -3.03. The molecule has 6 nitrogen and oxygen atoms in total. The lowest BCUT2D eigenvalue weighted by Crippen LogP contribution is -2.41. The summed E-state index contributed by atoms with van der Waals surface area (Å²) in [5.74, 6) is 0.230. The number of benzene rings is 3. The zero-order chi connectivity index (χ0) is 23.0. The Morgan fingerprint density at radius 2 is 1.62 bits per heavy atom. The van der Waals surface area contributed by atoms with Crippen LogP contribution in [0.15, 0.2) is 83.8 Å². The molecule has 0 aliphatic rings. The summed E-state index contributed by atoms with van der Waals surface area (Å²) >= 11 is 5.89. The van der Waals surface area contributed by atoms with Crippen molar-refractivity contribution in [1.29, 1.82) is 0 Å². The van der Waals surface area contributed by atoms with Crippen LogP contribution in [-0.2, 0) is 21.2 Å². The smallest absolute Gasteiger partial charge is 0.264 e. The maximum absolute atomic E-state index is 13.3.